The molecular formula is C11H19N3O4. The van der Waals surface area contributed by atoms with E-state index >= 15 is 0 Å². The number of hydrogen-bond acceptors (Lipinski definition) is 4. The third kappa shape index (κ3) is 3.90. The van der Waals surface area contributed by atoms with Crippen LogP contribution in [-0.2, 0) is 14.3 Å². The van der Waals surface area contributed by atoms with Crippen molar-refractivity contribution in [1.82, 2.24) is 9.80 Å². The summed E-state index contributed by atoms with van der Waals surface area (Å²) in [6, 6.07) is 0. The Morgan fingerprint density at radius 1 is 1.00 bits per heavy atom. The fraction of sp³-hybridized carbons (Fsp3) is 0.727. The van der Waals surface area contributed by atoms with E-state index in [1.807, 2.05) is 0 Å². The molecule has 2 N–H and O–H groups in total. The van der Waals surface area contributed by atoms with Crippen molar-refractivity contribution in [3.05, 3.63) is 0 Å². The molecule has 0 aromatic rings. The van der Waals surface area contributed by atoms with Gasteiger partial charge in [-0.1, -0.05) is 0 Å². The first-order valence-corrected chi connectivity index (χ1v) is 5.77. The topological polar surface area (TPSA) is 92.9 Å². The van der Waals surface area contributed by atoms with Crippen molar-refractivity contribution >= 4 is 17.9 Å². The Hall–Kier alpha value is -1.79. The van der Waals surface area contributed by atoms with E-state index in [9.17, 15) is 14.4 Å². The van der Waals surface area contributed by atoms with Crippen molar-refractivity contribution < 1.29 is 19.1 Å². The van der Waals surface area contributed by atoms with E-state index in [2.05, 4.69) is 0 Å². The molecule has 0 bridgehead atoms. The van der Waals surface area contributed by atoms with Gasteiger partial charge in [-0.05, 0) is 20.8 Å². The van der Waals surface area contributed by atoms with Crippen molar-refractivity contribution in [3.63, 3.8) is 0 Å². The molecule has 0 atom stereocenters. The summed E-state index contributed by atoms with van der Waals surface area (Å²) in [5.74, 6) is -1.68. The second-order valence-corrected chi connectivity index (χ2v) is 5.12. The summed E-state index contributed by atoms with van der Waals surface area (Å²) in [5, 5.41) is 0. The second kappa shape index (κ2) is 5.24. The largest absolute Gasteiger partial charge is 0.444 e. The zero-order valence-corrected chi connectivity index (χ0v) is 10.9. The highest BCUT2D eigenvalue weighted by molar-refractivity contribution is 6.34. The van der Waals surface area contributed by atoms with Gasteiger partial charge in [-0.3, -0.25) is 9.59 Å². The van der Waals surface area contributed by atoms with Gasteiger partial charge in [0, 0.05) is 26.2 Å². The molecule has 0 aliphatic carbocycles. The smallest absolute Gasteiger partial charge is 0.410 e. The minimum atomic E-state index is -0.972. The fourth-order valence-corrected chi connectivity index (χ4v) is 1.57. The van der Waals surface area contributed by atoms with Crippen LogP contribution in [0.4, 0.5) is 4.79 Å². The third-order valence-corrected chi connectivity index (χ3v) is 2.43. The summed E-state index contributed by atoms with van der Waals surface area (Å²) in [6.07, 6.45) is -0.409. The van der Waals surface area contributed by atoms with Crippen LogP contribution >= 0.6 is 0 Å². The number of nitrogens with zero attached hydrogens (tertiary/aromatic N) is 2. The first kappa shape index (κ1) is 14.3. The van der Waals surface area contributed by atoms with Gasteiger partial charge >= 0.3 is 17.9 Å². The molecule has 0 saturated carbocycles. The number of hydrogen-bond donors (Lipinski definition) is 1. The average molecular weight is 257 g/mol. The molecule has 0 aromatic carbocycles. The Balaban J connectivity index is 2.47. The van der Waals surface area contributed by atoms with E-state index in [4.69, 9.17) is 10.5 Å². The summed E-state index contributed by atoms with van der Waals surface area (Å²) in [7, 11) is 0. The fourth-order valence-electron chi connectivity index (χ4n) is 1.57. The molecule has 7 nitrogen and oxygen atoms in total. The number of rotatable bonds is 0. The van der Waals surface area contributed by atoms with Crippen molar-refractivity contribution in [3.8, 4) is 0 Å². The Morgan fingerprint density at radius 2 is 1.44 bits per heavy atom. The van der Waals surface area contributed by atoms with Crippen molar-refractivity contribution in [2.45, 2.75) is 26.4 Å². The molecule has 0 unspecified atom stereocenters. The monoisotopic (exact) mass is 257 g/mol. The summed E-state index contributed by atoms with van der Waals surface area (Å²) < 4.78 is 5.21. The highest BCUT2D eigenvalue weighted by Gasteiger charge is 2.28. The lowest BCUT2D eigenvalue weighted by Crippen LogP contribution is -2.53. The van der Waals surface area contributed by atoms with Gasteiger partial charge in [0.1, 0.15) is 5.60 Å². The Kier molecular flexibility index (Phi) is 4.15. The average Bonchev–Trinajstić information content (AvgIpc) is 2.26. The van der Waals surface area contributed by atoms with Gasteiger partial charge in [-0.25, -0.2) is 4.79 Å². The number of amides is 3. The van der Waals surface area contributed by atoms with E-state index in [-0.39, 0.29) is 0 Å². The summed E-state index contributed by atoms with van der Waals surface area (Å²) in [4.78, 5) is 36.6. The summed E-state index contributed by atoms with van der Waals surface area (Å²) in [6.45, 7) is 6.64. The van der Waals surface area contributed by atoms with Gasteiger partial charge in [-0.15, -0.1) is 0 Å². The van der Waals surface area contributed by atoms with Crippen LogP contribution in [0.25, 0.3) is 0 Å². The van der Waals surface area contributed by atoms with Crippen LogP contribution in [0.5, 0.6) is 0 Å². The predicted octanol–water partition coefficient (Wildman–Crippen LogP) is -0.449. The second-order valence-electron chi connectivity index (χ2n) is 5.12. The SMILES string of the molecule is CC(C)(C)OC(=O)N1CCN(C(=O)C(N)=O)CC1. The number of primary amides is 1. The maximum atomic E-state index is 11.7. The lowest BCUT2D eigenvalue weighted by Gasteiger charge is -2.35. The third-order valence-electron chi connectivity index (χ3n) is 2.43. The van der Waals surface area contributed by atoms with Gasteiger partial charge in [0.05, 0.1) is 0 Å². The molecule has 0 radical (unpaired) electrons. The molecule has 7 heteroatoms. The van der Waals surface area contributed by atoms with Crippen LogP contribution in [-0.4, -0.2) is 59.5 Å². The summed E-state index contributed by atoms with van der Waals surface area (Å²) in [5.41, 5.74) is 4.36. The molecule has 0 aromatic heterocycles. The maximum Gasteiger partial charge on any atom is 0.410 e. The van der Waals surface area contributed by atoms with E-state index in [0.29, 0.717) is 26.2 Å². The number of carbonyl (C=O) groups excluding carboxylic acids is 3. The van der Waals surface area contributed by atoms with Crippen LogP contribution in [0.1, 0.15) is 20.8 Å². The molecule has 1 aliphatic heterocycles. The van der Waals surface area contributed by atoms with Crippen molar-refractivity contribution in [2.24, 2.45) is 5.73 Å². The Morgan fingerprint density at radius 3 is 1.83 bits per heavy atom. The lowest BCUT2D eigenvalue weighted by molar-refractivity contribution is -0.145. The van der Waals surface area contributed by atoms with Crippen LogP contribution < -0.4 is 5.73 Å². The first-order valence-electron chi connectivity index (χ1n) is 5.77. The number of nitrogens with two attached hydrogens (primary N) is 1. The number of piperazine rings is 1. The van der Waals surface area contributed by atoms with Gasteiger partial charge in [0.25, 0.3) is 0 Å². The predicted molar refractivity (Wildman–Crippen MR) is 63.6 cm³/mol. The van der Waals surface area contributed by atoms with Crippen LogP contribution in [0, 0.1) is 0 Å². The van der Waals surface area contributed by atoms with Crippen LogP contribution in [0.2, 0.25) is 0 Å². The summed E-state index contributed by atoms with van der Waals surface area (Å²) >= 11 is 0. The molecule has 0 spiro atoms. The van der Waals surface area contributed by atoms with E-state index in [1.54, 1.807) is 20.8 Å². The standard InChI is InChI=1S/C11H19N3O4/c1-11(2,3)18-10(17)14-6-4-13(5-7-14)9(16)8(12)15/h4-7H2,1-3H3,(H2,12,15). The molecule has 1 rings (SSSR count). The van der Waals surface area contributed by atoms with Crippen LogP contribution in [0.15, 0.2) is 0 Å². The molecule has 3 amide bonds. The minimum Gasteiger partial charge on any atom is -0.444 e. The molecule has 18 heavy (non-hydrogen) atoms. The highest BCUT2D eigenvalue weighted by Crippen LogP contribution is 2.11. The molecule has 1 saturated heterocycles. The molecule has 102 valence electrons. The van der Waals surface area contributed by atoms with Gasteiger partial charge in [0.15, 0.2) is 0 Å². The number of carbonyl (C=O) groups is 3. The minimum absolute atomic E-state index is 0.293. The van der Waals surface area contributed by atoms with Gasteiger partial charge in [-0.2, -0.15) is 0 Å². The first-order chi connectivity index (χ1) is 8.20. The Labute approximate surface area is 106 Å². The quantitative estimate of drug-likeness (QED) is 0.595. The van der Waals surface area contributed by atoms with E-state index < -0.39 is 23.5 Å². The number of ether oxygens (including phenoxy) is 1. The molecule has 1 heterocycles. The Bertz CT molecular complexity index is 354. The van der Waals surface area contributed by atoms with Crippen LogP contribution in [0.3, 0.4) is 0 Å². The zero-order chi connectivity index (χ0) is 13.9. The lowest BCUT2D eigenvalue weighted by atomic mass is 10.2. The normalized spacial score (nSPS) is 16.4. The van der Waals surface area contributed by atoms with Crippen molar-refractivity contribution in [1.29, 1.82) is 0 Å². The van der Waals surface area contributed by atoms with E-state index in [0.717, 1.165) is 0 Å². The van der Waals surface area contributed by atoms with E-state index in [1.165, 1.54) is 9.80 Å². The highest BCUT2D eigenvalue weighted by atomic mass is 16.6. The molecule has 1 aliphatic rings. The van der Waals surface area contributed by atoms with Gasteiger partial charge in [0.2, 0.25) is 0 Å². The zero-order valence-electron chi connectivity index (χ0n) is 10.9. The molecule has 1 fully saturated rings. The maximum absolute atomic E-state index is 11.7. The van der Waals surface area contributed by atoms with Gasteiger partial charge < -0.3 is 20.3 Å². The molecular weight excluding hydrogens is 238 g/mol. The van der Waals surface area contributed by atoms with Crippen molar-refractivity contribution in [2.75, 3.05) is 26.2 Å².